The lowest BCUT2D eigenvalue weighted by molar-refractivity contribution is 0.316. The Labute approximate surface area is 114 Å². The highest BCUT2D eigenvalue weighted by Gasteiger charge is 2.05. The van der Waals surface area contributed by atoms with Crippen LogP contribution in [0.3, 0.4) is 0 Å². The van der Waals surface area contributed by atoms with E-state index in [-0.39, 0.29) is 0 Å². The van der Waals surface area contributed by atoms with Gasteiger partial charge in [-0.1, -0.05) is 23.2 Å². The first kappa shape index (κ1) is 12.8. The maximum atomic E-state index is 5.88. The number of rotatable bonds is 4. The molecule has 0 N–H and O–H groups in total. The van der Waals surface area contributed by atoms with Crippen LogP contribution in [-0.4, -0.2) is 22.1 Å². The van der Waals surface area contributed by atoms with Crippen molar-refractivity contribution in [1.29, 1.82) is 0 Å². The average molecular weight is 288 g/mol. The summed E-state index contributed by atoms with van der Waals surface area (Å²) in [6.45, 7) is 1.58. The lowest BCUT2D eigenvalue weighted by Gasteiger charge is -2.14. The Kier molecular flexibility index (Phi) is 4.34. The van der Waals surface area contributed by atoms with Gasteiger partial charge in [-0.15, -0.1) is 16.4 Å². The highest BCUT2D eigenvalue weighted by atomic mass is 35.5. The molecule has 0 radical (unpaired) electrons. The maximum absolute atomic E-state index is 5.88. The summed E-state index contributed by atoms with van der Waals surface area (Å²) in [6.07, 6.45) is 0. The van der Waals surface area contributed by atoms with E-state index in [0.717, 1.165) is 23.1 Å². The van der Waals surface area contributed by atoms with E-state index in [9.17, 15) is 0 Å². The van der Waals surface area contributed by atoms with Gasteiger partial charge in [0.25, 0.3) is 0 Å². The van der Waals surface area contributed by atoms with Crippen molar-refractivity contribution < 1.29 is 0 Å². The molecule has 6 heteroatoms. The Bertz CT molecular complexity index is 484. The van der Waals surface area contributed by atoms with Crippen molar-refractivity contribution in [2.75, 3.05) is 7.05 Å². The second kappa shape index (κ2) is 5.78. The molecule has 0 saturated carbocycles. The van der Waals surface area contributed by atoms with Crippen molar-refractivity contribution in [2.45, 2.75) is 13.1 Å². The van der Waals surface area contributed by atoms with Crippen LogP contribution in [0.25, 0.3) is 0 Å². The summed E-state index contributed by atoms with van der Waals surface area (Å²) < 4.78 is 0.819. The van der Waals surface area contributed by atoms with Crippen molar-refractivity contribution in [3.63, 3.8) is 0 Å². The standard InChI is InChI=1S/C11H11Cl2N3S/c1-16(7-9-3-5-11(13)17-9)6-8-2-4-10(12)15-14-8/h2-5H,6-7H2,1H3. The number of thiophene rings is 1. The summed E-state index contributed by atoms with van der Waals surface area (Å²) in [6, 6.07) is 7.58. The minimum Gasteiger partial charge on any atom is -0.295 e. The predicted molar refractivity (Wildman–Crippen MR) is 71.5 cm³/mol. The van der Waals surface area contributed by atoms with E-state index in [1.165, 1.54) is 4.88 Å². The zero-order valence-electron chi connectivity index (χ0n) is 9.23. The Balaban J connectivity index is 1.93. The van der Waals surface area contributed by atoms with Crippen molar-refractivity contribution in [2.24, 2.45) is 0 Å². The van der Waals surface area contributed by atoms with Gasteiger partial charge < -0.3 is 0 Å². The molecule has 0 unspecified atom stereocenters. The van der Waals surface area contributed by atoms with Crippen molar-refractivity contribution in [1.82, 2.24) is 15.1 Å². The SMILES string of the molecule is CN(Cc1ccc(Cl)nn1)Cc1ccc(Cl)s1. The van der Waals surface area contributed by atoms with Gasteiger partial charge in [0, 0.05) is 18.0 Å². The van der Waals surface area contributed by atoms with Gasteiger partial charge in [0.1, 0.15) is 0 Å². The van der Waals surface area contributed by atoms with E-state index < -0.39 is 0 Å². The lowest BCUT2D eigenvalue weighted by atomic mass is 10.3. The third-order valence-corrected chi connectivity index (χ3v) is 3.59. The van der Waals surface area contributed by atoms with Gasteiger partial charge >= 0.3 is 0 Å². The summed E-state index contributed by atoms with van der Waals surface area (Å²) in [5.41, 5.74) is 0.902. The topological polar surface area (TPSA) is 29.0 Å². The van der Waals surface area contributed by atoms with Gasteiger partial charge in [-0.25, -0.2) is 0 Å². The van der Waals surface area contributed by atoms with Crippen LogP contribution >= 0.6 is 34.5 Å². The van der Waals surface area contributed by atoms with E-state index >= 15 is 0 Å². The van der Waals surface area contributed by atoms with Crippen molar-refractivity contribution in [3.05, 3.63) is 44.3 Å². The Morgan fingerprint density at radius 1 is 1.12 bits per heavy atom. The van der Waals surface area contributed by atoms with Crippen molar-refractivity contribution in [3.8, 4) is 0 Å². The number of halogens is 2. The Hall–Kier alpha value is -0.680. The number of aromatic nitrogens is 2. The smallest absolute Gasteiger partial charge is 0.151 e. The molecular formula is C11H11Cl2N3S. The molecule has 17 heavy (non-hydrogen) atoms. The Morgan fingerprint density at radius 2 is 1.94 bits per heavy atom. The molecule has 2 rings (SSSR count). The van der Waals surface area contributed by atoms with Crippen molar-refractivity contribution >= 4 is 34.5 Å². The highest BCUT2D eigenvalue weighted by molar-refractivity contribution is 7.16. The van der Waals surface area contributed by atoms with Gasteiger partial charge in [-0.3, -0.25) is 4.90 Å². The van der Waals surface area contributed by atoms with E-state index in [0.29, 0.717) is 5.15 Å². The first-order chi connectivity index (χ1) is 8.13. The molecule has 3 nitrogen and oxygen atoms in total. The van der Waals surface area contributed by atoms with Crippen LogP contribution in [0.4, 0.5) is 0 Å². The van der Waals surface area contributed by atoms with Gasteiger partial charge in [-0.2, -0.15) is 5.10 Å². The quantitative estimate of drug-likeness (QED) is 0.862. The fourth-order valence-corrected chi connectivity index (χ4v) is 2.73. The van der Waals surface area contributed by atoms with E-state index in [2.05, 4.69) is 15.1 Å². The monoisotopic (exact) mass is 287 g/mol. The fourth-order valence-electron chi connectivity index (χ4n) is 1.46. The van der Waals surface area contributed by atoms with Crippen LogP contribution < -0.4 is 0 Å². The summed E-state index contributed by atoms with van der Waals surface area (Å²) in [7, 11) is 2.03. The van der Waals surface area contributed by atoms with Crippen LogP contribution in [0, 0.1) is 0 Å². The highest BCUT2D eigenvalue weighted by Crippen LogP contribution is 2.22. The largest absolute Gasteiger partial charge is 0.295 e. The third-order valence-electron chi connectivity index (χ3n) is 2.17. The molecule has 0 atom stereocenters. The molecule has 0 amide bonds. The second-order valence-electron chi connectivity index (χ2n) is 3.73. The summed E-state index contributed by atoms with van der Waals surface area (Å²) in [4.78, 5) is 3.39. The first-order valence-corrected chi connectivity index (χ1v) is 6.61. The van der Waals surface area contributed by atoms with Gasteiger partial charge in [0.15, 0.2) is 5.15 Å². The number of hydrogen-bond acceptors (Lipinski definition) is 4. The predicted octanol–water partition coefficient (Wildman–Crippen LogP) is 3.48. The minimum absolute atomic E-state index is 0.418. The van der Waals surface area contributed by atoms with E-state index in [4.69, 9.17) is 23.2 Å². The molecule has 2 heterocycles. The van der Waals surface area contributed by atoms with Crippen LogP contribution in [0.1, 0.15) is 10.6 Å². The molecule has 90 valence electrons. The zero-order valence-corrected chi connectivity index (χ0v) is 11.6. The minimum atomic E-state index is 0.418. The molecule has 0 aliphatic carbocycles. The van der Waals surface area contributed by atoms with E-state index in [1.54, 1.807) is 17.4 Å². The van der Waals surface area contributed by atoms with Gasteiger partial charge in [0.2, 0.25) is 0 Å². The first-order valence-electron chi connectivity index (χ1n) is 5.04. The molecule has 0 spiro atoms. The molecule has 0 fully saturated rings. The summed E-state index contributed by atoms with van der Waals surface area (Å²) in [5, 5.41) is 8.25. The average Bonchev–Trinajstić information content (AvgIpc) is 2.67. The van der Waals surface area contributed by atoms with E-state index in [1.807, 2.05) is 25.2 Å². The van der Waals surface area contributed by atoms with Gasteiger partial charge in [-0.05, 0) is 31.3 Å². The molecule has 0 aromatic carbocycles. The van der Waals surface area contributed by atoms with Crippen LogP contribution in [-0.2, 0) is 13.1 Å². The van der Waals surface area contributed by atoms with Crippen LogP contribution in [0.2, 0.25) is 9.49 Å². The van der Waals surface area contributed by atoms with Crippen LogP contribution in [0.15, 0.2) is 24.3 Å². The lowest BCUT2D eigenvalue weighted by Crippen LogP contribution is -2.17. The molecule has 2 aromatic rings. The van der Waals surface area contributed by atoms with Gasteiger partial charge in [0.05, 0.1) is 10.0 Å². The molecule has 0 aliphatic heterocycles. The number of nitrogens with zero attached hydrogens (tertiary/aromatic N) is 3. The van der Waals surface area contributed by atoms with Crippen LogP contribution in [0.5, 0.6) is 0 Å². The molecule has 2 aromatic heterocycles. The third kappa shape index (κ3) is 3.92. The summed E-state index contributed by atoms with van der Waals surface area (Å²) in [5.74, 6) is 0. The molecule has 0 bridgehead atoms. The second-order valence-corrected chi connectivity index (χ2v) is 5.91. The zero-order chi connectivity index (χ0) is 12.3. The maximum Gasteiger partial charge on any atom is 0.151 e. The fraction of sp³-hybridized carbons (Fsp3) is 0.273. The molecular weight excluding hydrogens is 277 g/mol. The number of hydrogen-bond donors (Lipinski definition) is 0. The summed E-state index contributed by atoms with van der Waals surface area (Å²) >= 11 is 13.2. The normalized spacial score (nSPS) is 11.1. The molecule has 0 saturated heterocycles. The Morgan fingerprint density at radius 3 is 2.53 bits per heavy atom. The molecule has 0 aliphatic rings.